The Kier molecular flexibility index (Phi) is 5.65. The number of Topliss-reactive ketones (excluding diaryl/α,β-unsaturated/α-hetero) is 1. The van der Waals surface area contributed by atoms with Crippen molar-refractivity contribution in [2.75, 3.05) is 11.4 Å². The summed E-state index contributed by atoms with van der Waals surface area (Å²) in [4.78, 5) is 40.0. The van der Waals surface area contributed by atoms with E-state index in [1.54, 1.807) is 23.5 Å². The lowest BCUT2D eigenvalue weighted by Crippen LogP contribution is -2.37. The molecule has 0 saturated carbocycles. The number of pyridine rings is 1. The second kappa shape index (κ2) is 8.52. The van der Waals surface area contributed by atoms with E-state index in [2.05, 4.69) is 20.1 Å². The van der Waals surface area contributed by atoms with Gasteiger partial charge >= 0.3 is 0 Å². The summed E-state index contributed by atoms with van der Waals surface area (Å²) in [6.45, 7) is 5.27. The fourth-order valence-corrected chi connectivity index (χ4v) is 3.73. The maximum atomic E-state index is 12.7. The summed E-state index contributed by atoms with van der Waals surface area (Å²) >= 11 is 0. The molecule has 0 fully saturated rings. The Morgan fingerprint density at radius 2 is 2.00 bits per heavy atom. The molecular formula is C22H24N6O2. The average molecular weight is 404 g/mol. The number of nitrogens with zero attached hydrogens (tertiary/aromatic N) is 6. The van der Waals surface area contributed by atoms with Crippen molar-refractivity contribution in [3.05, 3.63) is 53.9 Å². The molecule has 0 spiro atoms. The monoisotopic (exact) mass is 404 g/mol. The Hall–Kier alpha value is -3.42. The van der Waals surface area contributed by atoms with Gasteiger partial charge in [0, 0.05) is 56.2 Å². The largest absolute Gasteiger partial charge is 0.299 e. The number of ketones is 1. The highest BCUT2D eigenvalue weighted by atomic mass is 16.2. The van der Waals surface area contributed by atoms with Crippen molar-refractivity contribution in [1.29, 1.82) is 0 Å². The van der Waals surface area contributed by atoms with Crippen molar-refractivity contribution < 1.29 is 9.59 Å². The molecule has 30 heavy (non-hydrogen) atoms. The lowest BCUT2D eigenvalue weighted by molar-refractivity contribution is -0.123. The van der Waals surface area contributed by atoms with E-state index in [0.29, 0.717) is 12.2 Å². The minimum Gasteiger partial charge on any atom is -0.299 e. The summed E-state index contributed by atoms with van der Waals surface area (Å²) in [5, 5.41) is 4.41. The number of fused-ring (bicyclic) bond motifs is 1. The van der Waals surface area contributed by atoms with Gasteiger partial charge in [-0.3, -0.25) is 29.4 Å². The van der Waals surface area contributed by atoms with Crippen LogP contribution in [0.1, 0.15) is 36.3 Å². The third kappa shape index (κ3) is 4.27. The number of aromatic nitrogens is 5. The predicted octanol–water partition coefficient (Wildman–Crippen LogP) is 2.68. The van der Waals surface area contributed by atoms with Crippen LogP contribution in [0.4, 0.5) is 5.82 Å². The van der Waals surface area contributed by atoms with Gasteiger partial charge in [0.15, 0.2) is 0 Å². The summed E-state index contributed by atoms with van der Waals surface area (Å²) in [7, 11) is 0. The molecule has 3 aromatic rings. The van der Waals surface area contributed by atoms with Crippen LogP contribution in [0.5, 0.6) is 0 Å². The number of anilines is 1. The van der Waals surface area contributed by atoms with Crippen molar-refractivity contribution >= 4 is 17.5 Å². The second-order valence-corrected chi connectivity index (χ2v) is 7.52. The molecule has 154 valence electrons. The van der Waals surface area contributed by atoms with Crippen LogP contribution in [-0.4, -0.2) is 43.0 Å². The van der Waals surface area contributed by atoms with Crippen LogP contribution in [0.15, 0.2) is 36.8 Å². The van der Waals surface area contributed by atoms with Gasteiger partial charge in [0.1, 0.15) is 11.6 Å². The van der Waals surface area contributed by atoms with Crippen LogP contribution in [0.3, 0.4) is 0 Å². The highest BCUT2D eigenvalue weighted by Crippen LogP contribution is 2.23. The van der Waals surface area contributed by atoms with E-state index < -0.39 is 0 Å². The molecular weight excluding hydrogens is 380 g/mol. The van der Waals surface area contributed by atoms with Gasteiger partial charge in [0.2, 0.25) is 5.91 Å². The summed E-state index contributed by atoms with van der Waals surface area (Å²) < 4.78 is 1.86. The van der Waals surface area contributed by atoms with E-state index in [0.717, 1.165) is 41.4 Å². The molecule has 3 aromatic heterocycles. The van der Waals surface area contributed by atoms with E-state index in [1.165, 1.54) is 0 Å². The fraction of sp³-hybridized carbons (Fsp3) is 0.364. The molecule has 8 nitrogen and oxygen atoms in total. The number of aryl methyl sites for hydroxylation is 3. The zero-order valence-electron chi connectivity index (χ0n) is 17.2. The van der Waals surface area contributed by atoms with E-state index in [-0.39, 0.29) is 31.0 Å². The van der Waals surface area contributed by atoms with E-state index in [9.17, 15) is 9.59 Å². The predicted molar refractivity (Wildman–Crippen MR) is 112 cm³/mol. The van der Waals surface area contributed by atoms with Crippen LogP contribution in [-0.2, 0) is 22.6 Å². The molecule has 0 bridgehead atoms. The molecule has 1 aliphatic heterocycles. The van der Waals surface area contributed by atoms with Crippen molar-refractivity contribution in [3.63, 3.8) is 0 Å². The van der Waals surface area contributed by atoms with Gasteiger partial charge in [-0.05, 0) is 32.4 Å². The van der Waals surface area contributed by atoms with Gasteiger partial charge in [-0.15, -0.1) is 0 Å². The molecule has 0 aliphatic carbocycles. The highest BCUT2D eigenvalue weighted by molar-refractivity contribution is 5.95. The summed E-state index contributed by atoms with van der Waals surface area (Å²) in [6.07, 6.45) is 6.48. The van der Waals surface area contributed by atoms with Crippen molar-refractivity contribution in [2.45, 2.75) is 46.1 Å². The number of hydrogen-bond donors (Lipinski definition) is 0. The maximum absolute atomic E-state index is 12.7. The smallest absolute Gasteiger partial charge is 0.228 e. The minimum atomic E-state index is -0.0432. The zero-order valence-corrected chi connectivity index (χ0v) is 17.2. The molecule has 0 radical (unpaired) electrons. The van der Waals surface area contributed by atoms with Gasteiger partial charge < -0.3 is 0 Å². The van der Waals surface area contributed by atoms with Crippen LogP contribution >= 0.6 is 0 Å². The molecule has 0 atom stereocenters. The topological polar surface area (TPSA) is 93.9 Å². The van der Waals surface area contributed by atoms with Gasteiger partial charge in [0.25, 0.3) is 0 Å². The van der Waals surface area contributed by atoms with E-state index in [1.807, 2.05) is 36.7 Å². The van der Waals surface area contributed by atoms with E-state index >= 15 is 0 Å². The maximum Gasteiger partial charge on any atom is 0.228 e. The Morgan fingerprint density at radius 1 is 1.13 bits per heavy atom. The normalized spacial score (nSPS) is 13.2. The standard InChI is InChI=1S/C22H24N6O2/c1-15-11-20-27(9-4-10-28(20)26-15)21(30)7-6-19(29)12-18-14-24-22(16(2)25-18)17-5-3-8-23-13-17/h3,5,8,11,13-14H,4,6-7,9-10,12H2,1-2H3. The Morgan fingerprint density at radius 3 is 2.77 bits per heavy atom. The molecule has 4 heterocycles. The molecule has 0 unspecified atom stereocenters. The SMILES string of the molecule is Cc1cc2n(n1)CCCN2C(=O)CCC(=O)Cc1cnc(-c2cccnc2)c(C)n1. The van der Waals surface area contributed by atoms with Crippen molar-refractivity contribution in [2.24, 2.45) is 0 Å². The number of hydrogen-bond acceptors (Lipinski definition) is 6. The fourth-order valence-electron chi connectivity index (χ4n) is 3.73. The third-order valence-corrected chi connectivity index (χ3v) is 5.14. The third-order valence-electron chi connectivity index (χ3n) is 5.14. The van der Waals surface area contributed by atoms with Gasteiger partial charge in [-0.25, -0.2) is 4.68 Å². The Labute approximate surface area is 175 Å². The number of carbonyl (C=O) groups is 2. The molecule has 0 aromatic carbocycles. The quantitative estimate of drug-likeness (QED) is 0.627. The average Bonchev–Trinajstić information content (AvgIpc) is 3.13. The second-order valence-electron chi connectivity index (χ2n) is 7.52. The number of amides is 1. The van der Waals surface area contributed by atoms with Crippen LogP contribution in [0.25, 0.3) is 11.3 Å². The van der Waals surface area contributed by atoms with E-state index in [4.69, 9.17) is 0 Å². The van der Waals surface area contributed by atoms with Gasteiger partial charge in [-0.2, -0.15) is 5.10 Å². The van der Waals surface area contributed by atoms with Gasteiger partial charge in [0.05, 0.1) is 29.2 Å². The van der Waals surface area contributed by atoms with Crippen LogP contribution in [0, 0.1) is 13.8 Å². The van der Waals surface area contributed by atoms with Crippen LogP contribution < -0.4 is 4.90 Å². The highest BCUT2D eigenvalue weighted by Gasteiger charge is 2.24. The molecule has 0 N–H and O–H groups in total. The van der Waals surface area contributed by atoms with Crippen molar-refractivity contribution in [3.8, 4) is 11.3 Å². The molecule has 0 saturated heterocycles. The minimum absolute atomic E-state index is 0.0205. The summed E-state index contributed by atoms with van der Waals surface area (Å²) in [6, 6.07) is 5.69. The van der Waals surface area contributed by atoms with Gasteiger partial charge in [-0.1, -0.05) is 0 Å². The Bertz CT molecular complexity index is 1080. The van der Waals surface area contributed by atoms with Crippen molar-refractivity contribution in [1.82, 2.24) is 24.7 Å². The molecule has 8 heteroatoms. The first-order chi connectivity index (χ1) is 14.5. The first-order valence-electron chi connectivity index (χ1n) is 10.1. The number of rotatable bonds is 6. The lowest BCUT2D eigenvalue weighted by atomic mass is 10.1. The molecule has 1 aliphatic rings. The van der Waals surface area contributed by atoms with Crippen LogP contribution in [0.2, 0.25) is 0 Å². The molecule has 4 rings (SSSR count). The first-order valence-corrected chi connectivity index (χ1v) is 10.1. The molecule has 1 amide bonds. The summed E-state index contributed by atoms with van der Waals surface area (Å²) in [5.41, 5.74) is 3.91. The number of carbonyl (C=O) groups excluding carboxylic acids is 2. The Balaban J connectivity index is 1.35. The lowest BCUT2D eigenvalue weighted by Gasteiger charge is -2.27. The summed E-state index contributed by atoms with van der Waals surface area (Å²) in [5.74, 6) is 0.759. The first kappa shape index (κ1) is 19.9. The zero-order chi connectivity index (χ0) is 21.1.